The first-order valence-electron chi connectivity index (χ1n) is 10.5. The number of hydrogen-bond acceptors (Lipinski definition) is 3. The minimum atomic E-state index is -2.38. The molecule has 0 heterocycles. The maximum absolute atomic E-state index is 9.06. The van der Waals surface area contributed by atoms with Gasteiger partial charge < -0.3 is 14.3 Å². The van der Waals surface area contributed by atoms with Gasteiger partial charge in [-0.3, -0.25) is 0 Å². The van der Waals surface area contributed by atoms with Gasteiger partial charge in [0, 0.05) is 0 Å². The van der Waals surface area contributed by atoms with Crippen LogP contribution in [0.1, 0.15) is 58.2 Å². The lowest BCUT2D eigenvalue weighted by Crippen LogP contribution is -2.19. The molecule has 0 aliphatic rings. The molecule has 4 heteroatoms. The SMILES string of the molecule is Cc1c(C(C)(C)C)cc(OP(O)O)cc1C(C)(C)C.c1ccc(-c2ccccc2)cc1. The molecule has 0 spiro atoms. The standard InChI is InChI=1S/C15H25O3P.C12H10/c1-10-12(14(2,3)4)8-11(18-19(16)17)9-13(10)15(5,6)7;1-3-7-11(8-4-1)12-9-5-2-6-10-12/h8-9,16-17H,1-7H3;1-10H. The highest BCUT2D eigenvalue weighted by Gasteiger charge is 2.25. The van der Waals surface area contributed by atoms with E-state index in [9.17, 15) is 0 Å². The molecule has 31 heavy (non-hydrogen) atoms. The predicted octanol–water partition coefficient (Wildman–Crippen LogP) is 7.53. The first kappa shape index (κ1) is 25.1. The van der Waals surface area contributed by atoms with Crippen molar-refractivity contribution in [3.63, 3.8) is 0 Å². The van der Waals surface area contributed by atoms with Crippen molar-refractivity contribution in [2.45, 2.75) is 59.3 Å². The molecule has 3 aromatic rings. The molecule has 166 valence electrons. The Labute approximate surface area is 188 Å². The van der Waals surface area contributed by atoms with Crippen molar-refractivity contribution in [2.24, 2.45) is 0 Å². The molecule has 0 aliphatic carbocycles. The Balaban J connectivity index is 0.000000242. The highest BCUT2D eigenvalue weighted by Crippen LogP contribution is 2.39. The quantitative estimate of drug-likeness (QED) is 0.415. The summed E-state index contributed by atoms with van der Waals surface area (Å²) in [5.41, 5.74) is 6.11. The van der Waals surface area contributed by atoms with Crippen LogP contribution in [0.2, 0.25) is 0 Å². The summed E-state index contributed by atoms with van der Waals surface area (Å²) in [5.74, 6) is 0.525. The van der Waals surface area contributed by atoms with Crippen molar-refractivity contribution in [3.05, 3.63) is 89.5 Å². The molecule has 0 amide bonds. The predicted molar refractivity (Wildman–Crippen MR) is 132 cm³/mol. The van der Waals surface area contributed by atoms with Crippen LogP contribution in [-0.2, 0) is 10.8 Å². The second-order valence-electron chi connectivity index (χ2n) is 9.72. The van der Waals surface area contributed by atoms with Crippen molar-refractivity contribution in [3.8, 4) is 16.9 Å². The summed E-state index contributed by atoms with van der Waals surface area (Å²) in [6, 6.07) is 24.6. The van der Waals surface area contributed by atoms with E-state index < -0.39 is 8.60 Å². The van der Waals surface area contributed by atoms with Gasteiger partial charge in [-0.2, -0.15) is 0 Å². The third-order valence-corrected chi connectivity index (χ3v) is 5.44. The molecule has 3 aromatic carbocycles. The van der Waals surface area contributed by atoms with Gasteiger partial charge in [0.2, 0.25) is 0 Å². The van der Waals surface area contributed by atoms with Crippen molar-refractivity contribution in [1.29, 1.82) is 0 Å². The Bertz CT molecular complexity index is 881. The largest absolute Gasteiger partial charge is 0.427 e. The molecule has 0 fully saturated rings. The number of benzene rings is 3. The monoisotopic (exact) mass is 438 g/mol. The van der Waals surface area contributed by atoms with Gasteiger partial charge in [-0.25, -0.2) is 0 Å². The van der Waals surface area contributed by atoms with Crippen LogP contribution >= 0.6 is 8.60 Å². The van der Waals surface area contributed by atoms with Gasteiger partial charge in [0.05, 0.1) is 0 Å². The summed E-state index contributed by atoms with van der Waals surface area (Å²) in [5, 5.41) is 0. The summed E-state index contributed by atoms with van der Waals surface area (Å²) in [6.45, 7) is 15.0. The molecule has 0 atom stereocenters. The Morgan fingerprint density at radius 2 is 1.00 bits per heavy atom. The Morgan fingerprint density at radius 3 is 1.29 bits per heavy atom. The molecular weight excluding hydrogens is 403 g/mol. The normalized spacial score (nSPS) is 11.7. The van der Waals surface area contributed by atoms with Crippen LogP contribution in [0.15, 0.2) is 72.8 Å². The lowest BCUT2D eigenvalue weighted by molar-refractivity contribution is 0.373. The van der Waals surface area contributed by atoms with E-state index >= 15 is 0 Å². The van der Waals surface area contributed by atoms with Crippen molar-refractivity contribution in [1.82, 2.24) is 0 Å². The molecule has 0 aliphatic heterocycles. The van der Waals surface area contributed by atoms with Gasteiger partial charge in [0.1, 0.15) is 5.75 Å². The molecule has 3 nitrogen and oxygen atoms in total. The molecular formula is C27H35O3P. The van der Waals surface area contributed by atoms with Gasteiger partial charge in [-0.15, -0.1) is 0 Å². The molecule has 0 saturated carbocycles. The third kappa shape index (κ3) is 7.47. The Morgan fingerprint density at radius 1 is 0.645 bits per heavy atom. The van der Waals surface area contributed by atoms with Gasteiger partial charge >= 0.3 is 8.60 Å². The summed E-state index contributed by atoms with van der Waals surface area (Å²) >= 11 is 0. The average molecular weight is 439 g/mol. The topological polar surface area (TPSA) is 49.7 Å². The first-order valence-corrected chi connectivity index (χ1v) is 11.7. The van der Waals surface area contributed by atoms with E-state index in [4.69, 9.17) is 14.3 Å². The van der Waals surface area contributed by atoms with Crippen LogP contribution in [0.5, 0.6) is 5.75 Å². The van der Waals surface area contributed by atoms with Crippen LogP contribution < -0.4 is 4.52 Å². The zero-order valence-electron chi connectivity index (χ0n) is 19.7. The second-order valence-corrected chi connectivity index (χ2v) is 10.4. The van der Waals surface area contributed by atoms with Crippen LogP contribution in [0.3, 0.4) is 0 Å². The second kappa shape index (κ2) is 10.4. The minimum absolute atomic E-state index is 0.0167. The maximum atomic E-state index is 9.06. The van der Waals surface area contributed by atoms with E-state index in [1.165, 1.54) is 27.8 Å². The molecule has 0 bridgehead atoms. The first-order chi connectivity index (χ1) is 14.4. The third-order valence-electron chi connectivity index (χ3n) is 5.07. The van der Waals surface area contributed by atoms with E-state index in [2.05, 4.69) is 97.0 Å². The summed E-state index contributed by atoms with van der Waals surface area (Å²) in [7, 11) is -2.38. The molecule has 0 aromatic heterocycles. The van der Waals surface area contributed by atoms with Crippen molar-refractivity contribution >= 4 is 8.60 Å². The number of rotatable bonds is 3. The zero-order valence-corrected chi connectivity index (χ0v) is 20.6. The highest BCUT2D eigenvalue weighted by atomic mass is 31.2. The maximum Gasteiger partial charge on any atom is 0.391 e. The fourth-order valence-electron chi connectivity index (χ4n) is 3.65. The molecule has 3 rings (SSSR count). The fourth-order valence-corrected chi connectivity index (χ4v) is 3.95. The summed E-state index contributed by atoms with van der Waals surface area (Å²) in [4.78, 5) is 18.1. The molecule has 0 unspecified atom stereocenters. The zero-order chi connectivity index (χ0) is 23.2. The van der Waals surface area contributed by atoms with E-state index in [0.29, 0.717) is 5.75 Å². The van der Waals surface area contributed by atoms with E-state index in [1.807, 2.05) is 24.3 Å². The van der Waals surface area contributed by atoms with E-state index in [0.717, 1.165) is 0 Å². The van der Waals surface area contributed by atoms with Gasteiger partial charge in [-0.1, -0.05) is 102 Å². The van der Waals surface area contributed by atoms with Crippen molar-refractivity contribution in [2.75, 3.05) is 0 Å². The number of hydrogen-bond donors (Lipinski definition) is 2. The summed E-state index contributed by atoms with van der Waals surface area (Å²) in [6.07, 6.45) is 0. The Hall–Kier alpha value is -2.19. The Kier molecular flexibility index (Phi) is 8.42. The summed E-state index contributed by atoms with van der Waals surface area (Å²) < 4.78 is 5.12. The van der Waals surface area contributed by atoms with Crippen LogP contribution in [-0.4, -0.2) is 9.79 Å². The van der Waals surface area contributed by atoms with Gasteiger partial charge in [0.15, 0.2) is 0 Å². The van der Waals surface area contributed by atoms with Crippen LogP contribution in [0.4, 0.5) is 0 Å². The lowest BCUT2D eigenvalue weighted by atomic mass is 9.76. The minimum Gasteiger partial charge on any atom is -0.427 e. The fraction of sp³-hybridized carbons (Fsp3) is 0.333. The average Bonchev–Trinajstić information content (AvgIpc) is 2.69. The highest BCUT2D eigenvalue weighted by molar-refractivity contribution is 7.39. The molecule has 0 radical (unpaired) electrons. The van der Waals surface area contributed by atoms with E-state index in [-0.39, 0.29) is 10.8 Å². The molecule has 0 saturated heterocycles. The lowest BCUT2D eigenvalue weighted by Gasteiger charge is -2.29. The molecule has 2 N–H and O–H groups in total. The smallest absolute Gasteiger partial charge is 0.391 e. The van der Waals surface area contributed by atoms with Gasteiger partial charge in [0.25, 0.3) is 0 Å². The van der Waals surface area contributed by atoms with Crippen LogP contribution in [0.25, 0.3) is 11.1 Å². The van der Waals surface area contributed by atoms with Crippen LogP contribution in [0, 0.1) is 6.92 Å². The van der Waals surface area contributed by atoms with Crippen molar-refractivity contribution < 1.29 is 14.3 Å². The van der Waals surface area contributed by atoms with E-state index in [1.54, 1.807) is 0 Å². The van der Waals surface area contributed by atoms with Gasteiger partial charge in [-0.05, 0) is 57.7 Å².